The summed E-state index contributed by atoms with van der Waals surface area (Å²) in [6.45, 7) is 6.84. The van der Waals surface area contributed by atoms with Gasteiger partial charge in [-0.1, -0.05) is 13.8 Å². The van der Waals surface area contributed by atoms with Gasteiger partial charge in [0, 0.05) is 25.4 Å². The van der Waals surface area contributed by atoms with E-state index in [4.69, 9.17) is 4.42 Å². The van der Waals surface area contributed by atoms with E-state index in [1.807, 2.05) is 13.2 Å². The number of aryl methyl sites for hydroxylation is 1. The van der Waals surface area contributed by atoms with Gasteiger partial charge in [0.05, 0.1) is 0 Å². The second-order valence-corrected chi connectivity index (χ2v) is 4.84. The normalized spacial score (nSPS) is 13.2. The minimum Gasteiger partial charge on any atom is -0.424 e. The predicted octanol–water partition coefficient (Wildman–Crippen LogP) is 2.14. The van der Waals surface area contributed by atoms with E-state index in [1.54, 1.807) is 6.92 Å². The highest BCUT2D eigenvalue weighted by Gasteiger charge is 2.14. The van der Waals surface area contributed by atoms with Gasteiger partial charge in [-0.2, -0.15) is 0 Å². The molecule has 2 rings (SSSR count). The smallest absolute Gasteiger partial charge is 0.236 e. The van der Waals surface area contributed by atoms with Gasteiger partial charge in [0.2, 0.25) is 11.8 Å². The SMILES string of the molecule is CNC(c1ccn(Cc2nnc(C)o2)c1)C(C)C. The maximum Gasteiger partial charge on any atom is 0.236 e. The molecule has 0 fully saturated rings. The molecule has 5 nitrogen and oxygen atoms in total. The summed E-state index contributed by atoms with van der Waals surface area (Å²) in [6.07, 6.45) is 4.17. The number of hydrogen-bond acceptors (Lipinski definition) is 4. The Balaban J connectivity index is 2.10. The summed E-state index contributed by atoms with van der Waals surface area (Å²) >= 11 is 0. The standard InChI is InChI=1S/C13H20N4O/c1-9(2)13(14-4)11-5-6-17(7-11)8-12-16-15-10(3)18-12/h5-7,9,13-14H,8H2,1-4H3. The Labute approximate surface area is 107 Å². The fourth-order valence-corrected chi connectivity index (χ4v) is 2.18. The number of hydrogen-bond donors (Lipinski definition) is 1. The molecule has 1 N–H and O–H groups in total. The average Bonchev–Trinajstić information content (AvgIpc) is 2.90. The maximum atomic E-state index is 5.37. The first-order valence-electron chi connectivity index (χ1n) is 6.22. The van der Waals surface area contributed by atoms with E-state index in [2.05, 4.69) is 46.2 Å². The second-order valence-electron chi connectivity index (χ2n) is 4.84. The quantitative estimate of drug-likeness (QED) is 0.880. The molecule has 2 heterocycles. The van der Waals surface area contributed by atoms with Gasteiger partial charge in [-0.05, 0) is 24.6 Å². The summed E-state index contributed by atoms with van der Waals surface area (Å²) < 4.78 is 7.44. The minimum absolute atomic E-state index is 0.371. The van der Waals surface area contributed by atoms with Crippen LogP contribution < -0.4 is 5.32 Å². The number of rotatable bonds is 5. The molecule has 0 bridgehead atoms. The summed E-state index contributed by atoms with van der Waals surface area (Å²) in [5, 5.41) is 11.2. The molecule has 0 amide bonds. The van der Waals surface area contributed by atoms with Gasteiger partial charge < -0.3 is 14.3 Å². The Morgan fingerprint density at radius 1 is 1.39 bits per heavy atom. The molecule has 0 saturated carbocycles. The lowest BCUT2D eigenvalue weighted by molar-refractivity contribution is 0.439. The lowest BCUT2D eigenvalue weighted by atomic mass is 9.99. The molecule has 0 aliphatic carbocycles. The largest absolute Gasteiger partial charge is 0.424 e. The van der Waals surface area contributed by atoms with Crippen LogP contribution in [0.2, 0.25) is 0 Å². The molecule has 0 spiro atoms. The van der Waals surface area contributed by atoms with Gasteiger partial charge in [0.15, 0.2) is 0 Å². The van der Waals surface area contributed by atoms with Gasteiger partial charge >= 0.3 is 0 Å². The van der Waals surface area contributed by atoms with Crippen LogP contribution in [-0.4, -0.2) is 21.8 Å². The molecule has 2 aromatic heterocycles. The van der Waals surface area contributed by atoms with E-state index in [1.165, 1.54) is 5.56 Å². The van der Waals surface area contributed by atoms with Crippen molar-refractivity contribution >= 4 is 0 Å². The summed E-state index contributed by atoms with van der Waals surface area (Å²) in [5.74, 6) is 1.80. The van der Waals surface area contributed by atoms with Crippen molar-refractivity contribution in [2.75, 3.05) is 7.05 Å². The van der Waals surface area contributed by atoms with Crippen LogP contribution in [0.1, 0.15) is 37.2 Å². The van der Waals surface area contributed by atoms with E-state index < -0.39 is 0 Å². The monoisotopic (exact) mass is 248 g/mol. The van der Waals surface area contributed by atoms with Crippen LogP contribution in [0, 0.1) is 12.8 Å². The lowest BCUT2D eigenvalue weighted by Crippen LogP contribution is -2.21. The maximum absolute atomic E-state index is 5.37. The molecule has 0 aliphatic rings. The molecule has 5 heteroatoms. The van der Waals surface area contributed by atoms with E-state index in [0.717, 1.165) is 0 Å². The van der Waals surface area contributed by atoms with Crippen LogP contribution in [0.15, 0.2) is 22.9 Å². The van der Waals surface area contributed by atoms with Crippen molar-refractivity contribution in [1.29, 1.82) is 0 Å². The van der Waals surface area contributed by atoms with Crippen molar-refractivity contribution in [2.45, 2.75) is 33.4 Å². The first-order chi connectivity index (χ1) is 8.60. The molecular weight excluding hydrogens is 228 g/mol. The summed E-state index contributed by atoms with van der Waals surface area (Å²) in [5.41, 5.74) is 1.28. The van der Waals surface area contributed by atoms with Crippen molar-refractivity contribution < 1.29 is 4.42 Å². The highest BCUT2D eigenvalue weighted by molar-refractivity contribution is 5.16. The zero-order valence-electron chi connectivity index (χ0n) is 11.3. The Hall–Kier alpha value is -1.62. The Morgan fingerprint density at radius 2 is 2.17 bits per heavy atom. The first kappa shape index (κ1) is 12.8. The van der Waals surface area contributed by atoms with E-state index in [0.29, 0.717) is 30.3 Å². The molecule has 2 aromatic rings. The Morgan fingerprint density at radius 3 is 2.72 bits per heavy atom. The molecule has 0 radical (unpaired) electrons. The van der Waals surface area contributed by atoms with Crippen molar-refractivity contribution in [3.05, 3.63) is 35.8 Å². The molecule has 0 aliphatic heterocycles. The Bertz CT molecular complexity index is 501. The van der Waals surface area contributed by atoms with Crippen LogP contribution >= 0.6 is 0 Å². The molecule has 1 unspecified atom stereocenters. The molecule has 0 saturated heterocycles. The lowest BCUT2D eigenvalue weighted by Gasteiger charge is -2.18. The van der Waals surface area contributed by atoms with E-state index >= 15 is 0 Å². The van der Waals surface area contributed by atoms with Gasteiger partial charge in [0.1, 0.15) is 6.54 Å². The topological polar surface area (TPSA) is 55.9 Å². The minimum atomic E-state index is 0.371. The molecular formula is C13H20N4O. The van der Waals surface area contributed by atoms with Crippen molar-refractivity contribution in [1.82, 2.24) is 20.1 Å². The predicted molar refractivity (Wildman–Crippen MR) is 69.2 cm³/mol. The average molecular weight is 248 g/mol. The third-order valence-electron chi connectivity index (χ3n) is 3.00. The van der Waals surface area contributed by atoms with Crippen LogP contribution in [0.3, 0.4) is 0 Å². The Kier molecular flexibility index (Phi) is 3.81. The van der Waals surface area contributed by atoms with Gasteiger partial charge in [0.25, 0.3) is 0 Å². The van der Waals surface area contributed by atoms with Crippen LogP contribution in [0.5, 0.6) is 0 Å². The number of nitrogens with zero attached hydrogens (tertiary/aromatic N) is 3. The van der Waals surface area contributed by atoms with Crippen molar-refractivity contribution in [3.63, 3.8) is 0 Å². The van der Waals surface area contributed by atoms with Crippen LogP contribution in [0.4, 0.5) is 0 Å². The fourth-order valence-electron chi connectivity index (χ4n) is 2.18. The molecule has 0 aromatic carbocycles. The molecule has 18 heavy (non-hydrogen) atoms. The number of nitrogens with one attached hydrogen (secondary N) is 1. The van der Waals surface area contributed by atoms with Gasteiger partial charge in [-0.3, -0.25) is 0 Å². The second kappa shape index (κ2) is 5.35. The van der Waals surface area contributed by atoms with E-state index in [-0.39, 0.29) is 0 Å². The third-order valence-corrected chi connectivity index (χ3v) is 3.00. The van der Waals surface area contributed by atoms with E-state index in [9.17, 15) is 0 Å². The highest BCUT2D eigenvalue weighted by Crippen LogP contribution is 2.21. The van der Waals surface area contributed by atoms with Crippen molar-refractivity contribution in [3.8, 4) is 0 Å². The molecule has 98 valence electrons. The van der Waals surface area contributed by atoms with Crippen molar-refractivity contribution in [2.24, 2.45) is 5.92 Å². The van der Waals surface area contributed by atoms with Crippen LogP contribution in [0.25, 0.3) is 0 Å². The number of aromatic nitrogens is 3. The van der Waals surface area contributed by atoms with Gasteiger partial charge in [-0.15, -0.1) is 10.2 Å². The summed E-state index contributed by atoms with van der Waals surface area (Å²) in [7, 11) is 1.99. The zero-order chi connectivity index (χ0) is 13.1. The molecule has 1 atom stereocenters. The third kappa shape index (κ3) is 2.79. The summed E-state index contributed by atoms with van der Waals surface area (Å²) in [4.78, 5) is 0. The van der Waals surface area contributed by atoms with Crippen LogP contribution in [-0.2, 0) is 6.54 Å². The highest BCUT2D eigenvalue weighted by atomic mass is 16.4. The fraction of sp³-hybridized carbons (Fsp3) is 0.538. The van der Waals surface area contributed by atoms with Gasteiger partial charge in [-0.25, -0.2) is 0 Å². The summed E-state index contributed by atoms with van der Waals surface area (Å²) in [6, 6.07) is 2.50. The zero-order valence-corrected chi connectivity index (χ0v) is 11.3. The first-order valence-corrected chi connectivity index (χ1v) is 6.22.